The van der Waals surface area contributed by atoms with Crippen LogP contribution in [-0.4, -0.2) is 18.5 Å². The summed E-state index contributed by atoms with van der Waals surface area (Å²) in [6.45, 7) is -0.190. The molecule has 3 rings (SSSR count). The zero-order chi connectivity index (χ0) is 20.6. The third-order valence-corrected chi connectivity index (χ3v) is 4.48. The Labute approximate surface area is 178 Å². The summed E-state index contributed by atoms with van der Waals surface area (Å²) in [7, 11) is 0. The van der Waals surface area contributed by atoms with E-state index < -0.39 is 18.5 Å². The molecule has 29 heavy (non-hydrogen) atoms. The molecule has 0 atom stereocenters. The maximum absolute atomic E-state index is 12.1. The Morgan fingerprint density at radius 3 is 2.24 bits per heavy atom. The number of halogens is 2. The molecule has 0 aliphatic rings. The SMILES string of the molecule is O=C(COC(=O)c1ccc(Oc2ccccc2)cc1)NCc1ccc(Cl)cc1Cl. The number of amides is 1. The molecule has 7 heteroatoms. The molecule has 0 heterocycles. The fraction of sp³-hybridized carbons (Fsp3) is 0.0909. The first-order valence-corrected chi connectivity index (χ1v) is 9.47. The van der Waals surface area contributed by atoms with E-state index in [0.29, 0.717) is 32.7 Å². The lowest BCUT2D eigenvalue weighted by atomic mass is 10.2. The lowest BCUT2D eigenvalue weighted by Crippen LogP contribution is -2.28. The van der Waals surface area contributed by atoms with Gasteiger partial charge >= 0.3 is 5.97 Å². The lowest BCUT2D eigenvalue weighted by Gasteiger charge is -2.09. The van der Waals surface area contributed by atoms with Gasteiger partial charge in [-0.2, -0.15) is 0 Å². The average Bonchev–Trinajstić information content (AvgIpc) is 2.72. The van der Waals surface area contributed by atoms with Crippen molar-refractivity contribution in [3.05, 3.63) is 94.0 Å². The van der Waals surface area contributed by atoms with Gasteiger partial charge in [-0.05, 0) is 54.1 Å². The first-order chi connectivity index (χ1) is 14.0. The number of para-hydroxylation sites is 1. The first kappa shape index (κ1) is 20.7. The number of hydrogen-bond acceptors (Lipinski definition) is 4. The maximum Gasteiger partial charge on any atom is 0.338 e. The summed E-state index contributed by atoms with van der Waals surface area (Å²) >= 11 is 11.9. The molecule has 0 radical (unpaired) electrons. The van der Waals surface area contributed by atoms with Crippen LogP contribution in [0.15, 0.2) is 72.8 Å². The van der Waals surface area contributed by atoms with Crippen LogP contribution in [0, 0.1) is 0 Å². The second kappa shape index (κ2) is 9.96. The fourth-order valence-electron chi connectivity index (χ4n) is 2.41. The number of carbonyl (C=O) groups is 2. The zero-order valence-electron chi connectivity index (χ0n) is 15.2. The molecule has 0 bridgehead atoms. The highest BCUT2D eigenvalue weighted by atomic mass is 35.5. The highest BCUT2D eigenvalue weighted by Crippen LogP contribution is 2.22. The van der Waals surface area contributed by atoms with Gasteiger partial charge in [0.05, 0.1) is 5.56 Å². The van der Waals surface area contributed by atoms with Crippen molar-refractivity contribution >= 4 is 35.1 Å². The molecule has 0 unspecified atom stereocenters. The molecule has 0 saturated heterocycles. The fourth-order valence-corrected chi connectivity index (χ4v) is 2.88. The van der Waals surface area contributed by atoms with Gasteiger partial charge in [0.15, 0.2) is 6.61 Å². The molecule has 3 aromatic carbocycles. The van der Waals surface area contributed by atoms with E-state index in [2.05, 4.69) is 5.32 Å². The third-order valence-electron chi connectivity index (χ3n) is 3.89. The number of nitrogens with one attached hydrogen (secondary N) is 1. The van der Waals surface area contributed by atoms with Gasteiger partial charge in [0.2, 0.25) is 0 Å². The number of rotatable bonds is 7. The average molecular weight is 430 g/mol. The summed E-state index contributed by atoms with van der Waals surface area (Å²) in [5.74, 6) is 0.245. The van der Waals surface area contributed by atoms with Crippen molar-refractivity contribution in [2.75, 3.05) is 6.61 Å². The van der Waals surface area contributed by atoms with Crippen molar-refractivity contribution in [2.24, 2.45) is 0 Å². The normalized spacial score (nSPS) is 10.3. The topological polar surface area (TPSA) is 64.6 Å². The minimum absolute atomic E-state index is 0.206. The number of carbonyl (C=O) groups excluding carboxylic acids is 2. The van der Waals surface area contributed by atoms with Crippen molar-refractivity contribution in [2.45, 2.75) is 6.54 Å². The lowest BCUT2D eigenvalue weighted by molar-refractivity contribution is -0.124. The Morgan fingerprint density at radius 2 is 1.55 bits per heavy atom. The quantitative estimate of drug-likeness (QED) is 0.520. The van der Waals surface area contributed by atoms with Gasteiger partial charge in [0, 0.05) is 16.6 Å². The number of ether oxygens (including phenoxy) is 2. The van der Waals surface area contributed by atoms with Gasteiger partial charge in [-0.3, -0.25) is 4.79 Å². The van der Waals surface area contributed by atoms with Crippen molar-refractivity contribution in [3.8, 4) is 11.5 Å². The Morgan fingerprint density at radius 1 is 0.862 bits per heavy atom. The zero-order valence-corrected chi connectivity index (χ0v) is 16.7. The Hall–Kier alpha value is -3.02. The number of benzene rings is 3. The van der Waals surface area contributed by atoms with Crippen LogP contribution < -0.4 is 10.1 Å². The smallest absolute Gasteiger partial charge is 0.338 e. The van der Waals surface area contributed by atoms with Crippen LogP contribution in [0.1, 0.15) is 15.9 Å². The summed E-state index contributed by atoms with van der Waals surface area (Å²) in [5.41, 5.74) is 1.03. The molecule has 3 aromatic rings. The largest absolute Gasteiger partial charge is 0.457 e. The van der Waals surface area contributed by atoms with Crippen LogP contribution in [0.3, 0.4) is 0 Å². The van der Waals surface area contributed by atoms with Gasteiger partial charge in [-0.25, -0.2) is 4.79 Å². The van der Waals surface area contributed by atoms with Gasteiger partial charge < -0.3 is 14.8 Å². The van der Waals surface area contributed by atoms with Crippen LogP contribution in [0.4, 0.5) is 0 Å². The summed E-state index contributed by atoms with van der Waals surface area (Å²) in [5, 5.41) is 3.60. The third kappa shape index (κ3) is 6.24. The molecule has 0 aliphatic heterocycles. The van der Waals surface area contributed by atoms with Crippen LogP contribution in [-0.2, 0) is 16.1 Å². The van der Waals surface area contributed by atoms with Gasteiger partial charge in [0.1, 0.15) is 11.5 Å². The Bertz CT molecular complexity index is 991. The molecular formula is C22H17Cl2NO4. The van der Waals surface area contributed by atoms with E-state index in [1.165, 1.54) is 0 Å². The standard InChI is InChI=1S/C22H17Cl2NO4/c23-17-9-6-16(20(24)12-17)13-25-21(26)14-28-22(27)15-7-10-19(11-8-15)29-18-4-2-1-3-5-18/h1-12H,13-14H2,(H,25,26). The second-order valence-electron chi connectivity index (χ2n) is 6.03. The minimum atomic E-state index is -0.601. The first-order valence-electron chi connectivity index (χ1n) is 8.72. The van der Waals surface area contributed by atoms with Crippen molar-refractivity contribution in [1.29, 1.82) is 0 Å². The molecule has 0 fully saturated rings. The van der Waals surface area contributed by atoms with Gasteiger partial charge in [-0.15, -0.1) is 0 Å². The summed E-state index contributed by atoms with van der Waals surface area (Å²) in [6.07, 6.45) is 0. The highest BCUT2D eigenvalue weighted by molar-refractivity contribution is 6.35. The summed E-state index contributed by atoms with van der Waals surface area (Å²) < 4.78 is 10.7. The van der Waals surface area contributed by atoms with Crippen molar-refractivity contribution < 1.29 is 19.1 Å². The van der Waals surface area contributed by atoms with Gasteiger partial charge in [-0.1, -0.05) is 47.5 Å². The molecular weight excluding hydrogens is 413 g/mol. The van der Waals surface area contributed by atoms with Crippen molar-refractivity contribution in [3.63, 3.8) is 0 Å². The monoisotopic (exact) mass is 429 g/mol. The predicted molar refractivity (Wildman–Crippen MR) is 112 cm³/mol. The minimum Gasteiger partial charge on any atom is -0.457 e. The Balaban J connectivity index is 1.46. The van der Waals surface area contributed by atoms with Crippen molar-refractivity contribution in [1.82, 2.24) is 5.32 Å². The maximum atomic E-state index is 12.1. The van der Waals surface area contributed by atoms with E-state index in [0.717, 1.165) is 0 Å². The van der Waals surface area contributed by atoms with E-state index >= 15 is 0 Å². The molecule has 0 spiro atoms. The Kier molecular flexibility index (Phi) is 7.11. The van der Waals surface area contributed by atoms with Crippen LogP contribution in [0.25, 0.3) is 0 Å². The molecule has 148 valence electrons. The molecule has 0 saturated carbocycles. The van der Waals surface area contributed by atoms with Crippen LogP contribution >= 0.6 is 23.2 Å². The van der Waals surface area contributed by atoms with E-state index in [1.807, 2.05) is 30.3 Å². The summed E-state index contributed by atoms with van der Waals surface area (Å²) in [4.78, 5) is 24.0. The van der Waals surface area contributed by atoms with E-state index in [4.69, 9.17) is 32.7 Å². The highest BCUT2D eigenvalue weighted by Gasteiger charge is 2.11. The van der Waals surface area contributed by atoms with Crippen LogP contribution in [0.2, 0.25) is 10.0 Å². The van der Waals surface area contributed by atoms with E-state index in [-0.39, 0.29) is 6.54 Å². The van der Waals surface area contributed by atoms with Gasteiger partial charge in [0.25, 0.3) is 5.91 Å². The summed E-state index contributed by atoms with van der Waals surface area (Å²) in [6, 6.07) is 20.8. The molecule has 5 nitrogen and oxygen atoms in total. The molecule has 1 amide bonds. The molecule has 0 aromatic heterocycles. The van der Waals surface area contributed by atoms with E-state index in [1.54, 1.807) is 42.5 Å². The molecule has 1 N–H and O–H groups in total. The number of esters is 1. The number of hydrogen-bond donors (Lipinski definition) is 1. The second-order valence-corrected chi connectivity index (χ2v) is 6.87. The van der Waals surface area contributed by atoms with E-state index in [9.17, 15) is 9.59 Å². The molecule has 0 aliphatic carbocycles. The van der Waals surface area contributed by atoms with Crippen LogP contribution in [0.5, 0.6) is 11.5 Å². The predicted octanol–water partition coefficient (Wildman–Crippen LogP) is 5.26.